The van der Waals surface area contributed by atoms with Gasteiger partial charge in [0.25, 0.3) is 0 Å². The quantitative estimate of drug-likeness (QED) is 0.862. The Hall–Kier alpha value is -0.820. The zero-order chi connectivity index (χ0) is 13.9. The highest BCUT2D eigenvalue weighted by Gasteiger charge is 2.13. The van der Waals surface area contributed by atoms with Gasteiger partial charge in [0.05, 0.1) is 4.90 Å². The van der Waals surface area contributed by atoms with E-state index in [4.69, 9.17) is 5.73 Å². The topological polar surface area (TPSA) is 60.2 Å². The Morgan fingerprint density at radius 1 is 1.26 bits per heavy atom. The van der Waals surface area contributed by atoms with Crippen LogP contribution in [-0.2, 0) is 9.84 Å². The molecule has 19 heavy (non-hydrogen) atoms. The molecule has 3 nitrogen and oxygen atoms in total. The lowest BCUT2D eigenvalue weighted by Gasteiger charge is -2.13. The van der Waals surface area contributed by atoms with Gasteiger partial charge in [-0.15, -0.1) is 11.8 Å². The first kappa shape index (κ1) is 14.6. The molecule has 0 aliphatic heterocycles. The van der Waals surface area contributed by atoms with Crippen LogP contribution in [0.2, 0.25) is 0 Å². The van der Waals surface area contributed by atoms with Crippen LogP contribution in [0.1, 0.15) is 10.8 Å². The Labute approximate surface area is 121 Å². The fourth-order valence-electron chi connectivity index (χ4n) is 1.64. The minimum absolute atomic E-state index is 0.204. The van der Waals surface area contributed by atoms with E-state index in [9.17, 15) is 8.42 Å². The van der Waals surface area contributed by atoms with Crippen molar-refractivity contribution in [2.45, 2.75) is 15.0 Å². The van der Waals surface area contributed by atoms with E-state index in [1.165, 1.54) is 11.8 Å². The molecule has 1 aromatic carbocycles. The smallest absolute Gasteiger partial charge is 0.175 e. The summed E-state index contributed by atoms with van der Waals surface area (Å²) in [4.78, 5) is 1.37. The number of thiophene rings is 1. The molecular weight excluding hydrogens is 298 g/mol. The third-order valence-electron chi connectivity index (χ3n) is 2.66. The van der Waals surface area contributed by atoms with E-state index in [1.807, 2.05) is 17.5 Å². The Bertz CT molecular complexity index is 618. The molecule has 1 atom stereocenters. The molecule has 6 heteroatoms. The van der Waals surface area contributed by atoms with Crippen LogP contribution >= 0.6 is 23.1 Å². The summed E-state index contributed by atoms with van der Waals surface area (Å²) >= 11 is 3.30. The lowest BCUT2D eigenvalue weighted by atomic mass is 10.2. The summed E-state index contributed by atoms with van der Waals surface area (Å²) < 4.78 is 22.8. The van der Waals surface area contributed by atoms with Gasteiger partial charge in [0.15, 0.2) is 9.84 Å². The number of nitrogens with two attached hydrogens (primary N) is 1. The molecular formula is C13H15NO2S3. The first-order chi connectivity index (χ1) is 9.00. The van der Waals surface area contributed by atoms with Crippen molar-refractivity contribution >= 4 is 32.9 Å². The maximum absolute atomic E-state index is 11.4. The highest BCUT2D eigenvalue weighted by Crippen LogP contribution is 2.35. The highest BCUT2D eigenvalue weighted by atomic mass is 32.2. The molecule has 2 aromatic rings. The molecule has 0 aliphatic rings. The van der Waals surface area contributed by atoms with Crippen LogP contribution in [0, 0.1) is 0 Å². The van der Waals surface area contributed by atoms with Crippen molar-refractivity contribution in [2.24, 2.45) is 5.73 Å². The van der Waals surface area contributed by atoms with Gasteiger partial charge in [-0.2, -0.15) is 11.3 Å². The van der Waals surface area contributed by atoms with Gasteiger partial charge in [-0.05, 0) is 46.7 Å². The molecule has 2 N–H and O–H groups in total. The van der Waals surface area contributed by atoms with E-state index in [0.29, 0.717) is 11.4 Å². The Kier molecular flexibility index (Phi) is 4.67. The van der Waals surface area contributed by atoms with E-state index in [2.05, 4.69) is 11.4 Å². The second kappa shape index (κ2) is 6.09. The third-order valence-corrected chi connectivity index (χ3v) is 5.78. The van der Waals surface area contributed by atoms with Crippen molar-refractivity contribution in [3.8, 4) is 0 Å². The minimum atomic E-state index is -3.13. The maximum atomic E-state index is 11.4. The molecule has 1 unspecified atom stereocenters. The van der Waals surface area contributed by atoms with Crippen LogP contribution in [0.4, 0.5) is 0 Å². The van der Waals surface area contributed by atoms with Crippen LogP contribution in [0.3, 0.4) is 0 Å². The first-order valence-electron chi connectivity index (χ1n) is 5.69. The van der Waals surface area contributed by atoms with E-state index < -0.39 is 9.84 Å². The normalized spacial score (nSPS) is 13.4. The molecule has 0 bridgehead atoms. The molecule has 0 saturated heterocycles. The lowest BCUT2D eigenvalue weighted by Crippen LogP contribution is -2.08. The van der Waals surface area contributed by atoms with Crippen LogP contribution in [-0.4, -0.2) is 21.2 Å². The van der Waals surface area contributed by atoms with Crippen LogP contribution < -0.4 is 5.73 Å². The first-order valence-corrected chi connectivity index (χ1v) is 9.41. The summed E-state index contributed by atoms with van der Waals surface area (Å²) in [6.45, 7) is 0.551. The van der Waals surface area contributed by atoms with Gasteiger partial charge < -0.3 is 5.73 Å². The van der Waals surface area contributed by atoms with Gasteiger partial charge >= 0.3 is 0 Å². The number of rotatable bonds is 5. The van der Waals surface area contributed by atoms with Gasteiger partial charge in [-0.25, -0.2) is 8.42 Å². The number of benzene rings is 1. The summed E-state index contributed by atoms with van der Waals surface area (Å²) in [7, 11) is -3.13. The number of hydrogen-bond acceptors (Lipinski definition) is 5. The van der Waals surface area contributed by atoms with Gasteiger partial charge in [-0.3, -0.25) is 0 Å². The van der Waals surface area contributed by atoms with Crippen LogP contribution in [0.5, 0.6) is 0 Å². The second-order valence-corrected chi connectivity index (χ2v) is 8.21. The summed E-state index contributed by atoms with van der Waals surface area (Å²) in [5.74, 6) is 0. The number of sulfone groups is 1. The molecule has 1 heterocycles. The zero-order valence-corrected chi connectivity index (χ0v) is 12.9. The summed E-state index contributed by atoms with van der Waals surface area (Å²) in [5.41, 5.74) is 7.01. The number of hydrogen-bond donors (Lipinski definition) is 1. The van der Waals surface area contributed by atoms with Crippen LogP contribution in [0.25, 0.3) is 0 Å². The number of thioether (sulfide) groups is 1. The lowest BCUT2D eigenvalue weighted by molar-refractivity contribution is 0.602. The summed E-state index contributed by atoms with van der Waals surface area (Å²) in [6.07, 6.45) is 1.21. The van der Waals surface area contributed by atoms with Crippen molar-refractivity contribution < 1.29 is 8.42 Å². The average Bonchev–Trinajstić information content (AvgIpc) is 2.89. The largest absolute Gasteiger partial charge is 0.329 e. The standard InChI is InChI=1S/C13H15NO2S3/c1-19(15,16)12-4-2-11(3-5-12)18-13(8-14)10-6-7-17-9-10/h2-7,9,13H,8,14H2,1H3. The predicted molar refractivity (Wildman–Crippen MR) is 81.5 cm³/mol. The second-order valence-electron chi connectivity index (χ2n) is 4.14. The Balaban J connectivity index is 2.15. The van der Waals surface area contributed by atoms with Crippen molar-refractivity contribution in [3.05, 3.63) is 46.7 Å². The van der Waals surface area contributed by atoms with Crippen LogP contribution in [0.15, 0.2) is 50.9 Å². The van der Waals surface area contributed by atoms with E-state index in [-0.39, 0.29) is 5.25 Å². The summed E-state index contributed by atoms with van der Waals surface area (Å²) in [5, 5.41) is 4.33. The van der Waals surface area contributed by atoms with Crippen molar-refractivity contribution in [3.63, 3.8) is 0 Å². The van der Waals surface area contributed by atoms with Crippen molar-refractivity contribution in [2.75, 3.05) is 12.8 Å². The highest BCUT2D eigenvalue weighted by molar-refractivity contribution is 7.99. The molecule has 2 rings (SSSR count). The molecule has 1 aromatic heterocycles. The van der Waals surface area contributed by atoms with E-state index in [0.717, 1.165) is 4.90 Å². The molecule has 0 amide bonds. The van der Waals surface area contributed by atoms with E-state index in [1.54, 1.807) is 35.2 Å². The van der Waals surface area contributed by atoms with Gasteiger partial charge in [0, 0.05) is 22.9 Å². The Morgan fingerprint density at radius 3 is 2.42 bits per heavy atom. The molecule has 0 aliphatic carbocycles. The molecule has 0 radical (unpaired) electrons. The monoisotopic (exact) mass is 313 g/mol. The van der Waals surface area contributed by atoms with Crippen molar-refractivity contribution in [1.82, 2.24) is 0 Å². The van der Waals surface area contributed by atoms with Gasteiger partial charge in [-0.1, -0.05) is 0 Å². The van der Waals surface area contributed by atoms with Gasteiger partial charge in [0.1, 0.15) is 0 Å². The zero-order valence-electron chi connectivity index (χ0n) is 10.4. The minimum Gasteiger partial charge on any atom is -0.329 e. The maximum Gasteiger partial charge on any atom is 0.175 e. The third kappa shape index (κ3) is 3.82. The van der Waals surface area contributed by atoms with E-state index >= 15 is 0 Å². The Morgan fingerprint density at radius 2 is 1.95 bits per heavy atom. The van der Waals surface area contributed by atoms with Crippen molar-refractivity contribution in [1.29, 1.82) is 0 Å². The fraction of sp³-hybridized carbons (Fsp3) is 0.231. The molecule has 102 valence electrons. The predicted octanol–water partition coefficient (Wildman–Crippen LogP) is 2.94. The molecule has 0 fully saturated rings. The SMILES string of the molecule is CS(=O)(=O)c1ccc(SC(CN)c2ccsc2)cc1. The van der Waals surface area contributed by atoms with Gasteiger partial charge in [0.2, 0.25) is 0 Å². The fourth-order valence-corrected chi connectivity index (χ4v) is 4.07. The average molecular weight is 313 g/mol. The summed E-state index contributed by atoms with van der Waals surface area (Å²) in [6, 6.07) is 9.00. The molecule has 0 spiro atoms. The molecule has 0 saturated carbocycles.